The van der Waals surface area contributed by atoms with Crippen molar-refractivity contribution in [3.63, 3.8) is 0 Å². The van der Waals surface area contributed by atoms with Crippen molar-refractivity contribution in [2.45, 2.75) is 0 Å². The molecule has 3 heterocycles. The van der Waals surface area contributed by atoms with Gasteiger partial charge in [0, 0.05) is 30.7 Å². The predicted molar refractivity (Wildman–Crippen MR) is 106 cm³/mol. The summed E-state index contributed by atoms with van der Waals surface area (Å²) >= 11 is 1.69. The Labute approximate surface area is 151 Å². The van der Waals surface area contributed by atoms with E-state index >= 15 is 0 Å². The van der Waals surface area contributed by atoms with E-state index in [1.54, 1.807) is 11.3 Å². The van der Waals surface area contributed by atoms with Gasteiger partial charge < -0.3 is 9.88 Å². The summed E-state index contributed by atoms with van der Waals surface area (Å²) in [4.78, 5) is 11.3. The lowest BCUT2D eigenvalue weighted by Crippen LogP contribution is -2.07. The van der Waals surface area contributed by atoms with Gasteiger partial charge in [0.2, 0.25) is 0 Å². The number of aromatic amines is 1. The lowest BCUT2D eigenvalue weighted by molar-refractivity contribution is 1.13. The first-order valence-corrected chi connectivity index (χ1v) is 8.90. The summed E-state index contributed by atoms with van der Waals surface area (Å²) < 4.78 is 0. The summed E-state index contributed by atoms with van der Waals surface area (Å²) in [7, 11) is 4.06. The number of H-pyrrole nitrogens is 1. The quantitative estimate of drug-likeness (QED) is 0.532. The second-order valence-electron chi connectivity index (χ2n) is 5.99. The van der Waals surface area contributed by atoms with Gasteiger partial charge in [0.1, 0.15) is 5.65 Å². The monoisotopic (exact) mass is 343 g/mol. The van der Waals surface area contributed by atoms with Crippen LogP contribution in [0, 0.1) is 11.8 Å². The molecule has 4 rings (SSSR count). The van der Waals surface area contributed by atoms with Crippen molar-refractivity contribution in [3.8, 4) is 22.4 Å². The zero-order chi connectivity index (χ0) is 17.2. The molecule has 0 radical (unpaired) electrons. The van der Waals surface area contributed by atoms with E-state index in [-0.39, 0.29) is 0 Å². The summed E-state index contributed by atoms with van der Waals surface area (Å²) in [5.74, 6) is 6.40. The van der Waals surface area contributed by atoms with Crippen LogP contribution in [0.2, 0.25) is 0 Å². The van der Waals surface area contributed by atoms with Crippen LogP contribution < -0.4 is 4.90 Å². The highest BCUT2D eigenvalue weighted by molar-refractivity contribution is 7.13. The highest BCUT2D eigenvalue weighted by atomic mass is 32.1. The van der Waals surface area contributed by atoms with Crippen LogP contribution in [0.1, 0.15) is 11.3 Å². The molecule has 4 heteroatoms. The molecule has 1 N–H and O–H groups in total. The van der Waals surface area contributed by atoms with E-state index in [1.807, 2.05) is 38.4 Å². The maximum atomic E-state index is 4.71. The number of hydrogen-bond acceptors (Lipinski definition) is 3. The van der Waals surface area contributed by atoms with Crippen molar-refractivity contribution in [1.29, 1.82) is 0 Å². The van der Waals surface area contributed by atoms with Crippen LogP contribution in [0.3, 0.4) is 0 Å². The third-order valence-corrected chi connectivity index (χ3v) is 4.87. The van der Waals surface area contributed by atoms with Crippen LogP contribution in [-0.2, 0) is 0 Å². The van der Waals surface area contributed by atoms with Crippen molar-refractivity contribution >= 4 is 28.1 Å². The van der Waals surface area contributed by atoms with Crippen molar-refractivity contribution in [2.24, 2.45) is 0 Å². The topological polar surface area (TPSA) is 31.9 Å². The van der Waals surface area contributed by atoms with Crippen molar-refractivity contribution in [3.05, 3.63) is 71.2 Å². The molecule has 0 aliphatic carbocycles. The van der Waals surface area contributed by atoms with E-state index in [4.69, 9.17) is 4.98 Å². The molecule has 0 spiro atoms. The van der Waals surface area contributed by atoms with Gasteiger partial charge in [-0.15, -0.1) is 11.3 Å². The first-order chi connectivity index (χ1) is 12.2. The first-order valence-electron chi connectivity index (χ1n) is 8.02. The standard InChI is InChI=1S/C21H17N3S/c1-24(2)18-10-6-15(7-11-18)5-9-17-14-16-8-12-19(23-21(16)22-17)20-4-3-13-25-20/h3-4,6-8,10-14H,1-2H3,(H,22,23). The van der Waals surface area contributed by atoms with Crippen LogP contribution in [0.5, 0.6) is 0 Å². The molecule has 1 aromatic carbocycles. The second-order valence-corrected chi connectivity index (χ2v) is 6.93. The fourth-order valence-corrected chi connectivity index (χ4v) is 3.31. The minimum atomic E-state index is 0.873. The Morgan fingerprint density at radius 2 is 1.84 bits per heavy atom. The van der Waals surface area contributed by atoms with Gasteiger partial charge in [-0.3, -0.25) is 0 Å². The maximum absolute atomic E-state index is 4.71. The van der Waals surface area contributed by atoms with Gasteiger partial charge >= 0.3 is 0 Å². The van der Waals surface area contributed by atoms with E-state index in [1.165, 1.54) is 10.6 Å². The van der Waals surface area contributed by atoms with E-state index < -0.39 is 0 Å². The second kappa shape index (κ2) is 6.46. The Morgan fingerprint density at radius 1 is 1.00 bits per heavy atom. The van der Waals surface area contributed by atoms with Crippen molar-refractivity contribution in [2.75, 3.05) is 19.0 Å². The smallest absolute Gasteiger partial charge is 0.138 e. The molecule has 0 atom stereocenters. The molecule has 0 fully saturated rings. The van der Waals surface area contributed by atoms with E-state index in [2.05, 4.69) is 57.4 Å². The average Bonchev–Trinajstić information content (AvgIpc) is 3.29. The van der Waals surface area contributed by atoms with Gasteiger partial charge in [0.25, 0.3) is 0 Å². The predicted octanol–water partition coefficient (Wildman–Crippen LogP) is 4.76. The molecule has 3 nitrogen and oxygen atoms in total. The molecule has 0 saturated carbocycles. The van der Waals surface area contributed by atoms with Crippen molar-refractivity contribution < 1.29 is 0 Å². The molecule has 25 heavy (non-hydrogen) atoms. The zero-order valence-corrected chi connectivity index (χ0v) is 14.9. The van der Waals surface area contributed by atoms with Crippen LogP contribution in [-0.4, -0.2) is 24.1 Å². The summed E-state index contributed by atoms with van der Waals surface area (Å²) in [5.41, 5.74) is 4.90. The SMILES string of the molecule is CN(C)c1ccc(C#Cc2cc3ccc(-c4cccs4)nc3[nH]2)cc1. The van der Waals surface area contributed by atoms with Crippen LogP contribution in [0.25, 0.3) is 21.6 Å². The molecule has 3 aromatic heterocycles. The average molecular weight is 343 g/mol. The van der Waals surface area contributed by atoms with Crippen LogP contribution in [0.15, 0.2) is 60.0 Å². The fraction of sp³-hybridized carbons (Fsp3) is 0.0952. The lowest BCUT2D eigenvalue weighted by atomic mass is 10.2. The maximum Gasteiger partial charge on any atom is 0.138 e. The van der Waals surface area contributed by atoms with Crippen molar-refractivity contribution in [1.82, 2.24) is 9.97 Å². The molecular formula is C21H17N3S. The van der Waals surface area contributed by atoms with Crippen LogP contribution in [0.4, 0.5) is 5.69 Å². The third-order valence-electron chi connectivity index (χ3n) is 3.98. The first kappa shape index (κ1) is 15.5. The Kier molecular flexibility index (Phi) is 4.01. The molecule has 0 aliphatic rings. The van der Waals surface area contributed by atoms with E-state index in [0.29, 0.717) is 0 Å². The number of benzene rings is 1. The third kappa shape index (κ3) is 3.28. The Bertz CT molecular complexity index is 1060. The number of thiophene rings is 1. The van der Waals surface area contributed by atoms with Gasteiger partial charge in [-0.1, -0.05) is 12.0 Å². The number of nitrogens with zero attached hydrogens (tertiary/aromatic N) is 2. The highest BCUT2D eigenvalue weighted by Crippen LogP contribution is 2.25. The molecule has 0 bridgehead atoms. The van der Waals surface area contributed by atoms with Gasteiger partial charge in [-0.2, -0.15) is 0 Å². The van der Waals surface area contributed by atoms with Gasteiger partial charge in [0.05, 0.1) is 16.3 Å². The Hall–Kier alpha value is -3.03. The molecule has 4 aromatic rings. The molecule has 122 valence electrons. The summed E-state index contributed by atoms with van der Waals surface area (Å²) in [6, 6.07) is 18.5. The molecular weight excluding hydrogens is 326 g/mol. The summed E-state index contributed by atoms with van der Waals surface area (Å²) in [5, 5.41) is 3.14. The van der Waals surface area contributed by atoms with Crippen LogP contribution >= 0.6 is 11.3 Å². The molecule has 0 aliphatic heterocycles. The van der Waals surface area contributed by atoms with Gasteiger partial charge in [0.15, 0.2) is 0 Å². The number of pyridine rings is 1. The molecule has 0 saturated heterocycles. The largest absolute Gasteiger partial charge is 0.378 e. The van der Waals surface area contributed by atoms with Gasteiger partial charge in [-0.05, 0) is 59.8 Å². The number of fused-ring (bicyclic) bond motifs is 1. The zero-order valence-electron chi connectivity index (χ0n) is 14.1. The minimum absolute atomic E-state index is 0.873. The fourth-order valence-electron chi connectivity index (χ4n) is 2.62. The van der Waals surface area contributed by atoms with Gasteiger partial charge in [-0.25, -0.2) is 4.98 Å². The van der Waals surface area contributed by atoms with E-state index in [0.717, 1.165) is 28.0 Å². The number of rotatable bonds is 2. The number of anilines is 1. The lowest BCUT2D eigenvalue weighted by Gasteiger charge is -2.11. The number of hydrogen-bond donors (Lipinski definition) is 1. The molecule has 0 unspecified atom stereocenters. The highest BCUT2D eigenvalue weighted by Gasteiger charge is 2.04. The Morgan fingerprint density at radius 3 is 2.56 bits per heavy atom. The normalized spacial score (nSPS) is 10.5. The minimum Gasteiger partial charge on any atom is -0.378 e. The summed E-state index contributed by atoms with van der Waals surface area (Å²) in [6.45, 7) is 0. The summed E-state index contributed by atoms with van der Waals surface area (Å²) in [6.07, 6.45) is 0. The van der Waals surface area contributed by atoms with E-state index in [9.17, 15) is 0 Å². The Balaban J connectivity index is 1.62. The number of aromatic nitrogens is 2. The number of nitrogens with one attached hydrogen (secondary N) is 1. The molecule has 0 amide bonds.